The molecule has 1 amide bonds. The van der Waals surface area contributed by atoms with Crippen molar-refractivity contribution in [3.05, 3.63) is 41.0 Å². The topological polar surface area (TPSA) is 66.9 Å². The lowest BCUT2D eigenvalue weighted by atomic mass is 10.1. The van der Waals surface area contributed by atoms with Crippen LogP contribution in [-0.2, 0) is 4.79 Å². The van der Waals surface area contributed by atoms with Crippen LogP contribution in [0, 0.1) is 18.3 Å². The Labute approximate surface area is 82.5 Å². The summed E-state index contributed by atoms with van der Waals surface area (Å²) in [7, 11) is 0. The maximum atomic E-state index is 10.8. The summed E-state index contributed by atoms with van der Waals surface area (Å²) in [5.41, 5.74) is 6.82. The molecule has 0 fully saturated rings. The number of nitrogens with two attached hydrogens (primary N) is 1. The van der Waals surface area contributed by atoms with Gasteiger partial charge in [0.1, 0.15) is 11.6 Å². The Morgan fingerprint density at radius 3 is 2.64 bits per heavy atom. The summed E-state index contributed by atoms with van der Waals surface area (Å²) in [5, 5.41) is 8.63. The van der Waals surface area contributed by atoms with E-state index in [1.165, 1.54) is 6.08 Å². The fourth-order valence-corrected chi connectivity index (χ4v) is 1.06. The molecule has 0 saturated carbocycles. The number of aryl methyl sites for hydroxylation is 1. The summed E-state index contributed by atoms with van der Waals surface area (Å²) in [5.74, 6) is -0.698. The zero-order valence-electron chi connectivity index (χ0n) is 7.82. The molecule has 0 aliphatic carbocycles. The van der Waals surface area contributed by atoms with Crippen LogP contribution in [0.3, 0.4) is 0 Å². The van der Waals surface area contributed by atoms with E-state index in [0.29, 0.717) is 0 Å². The van der Waals surface area contributed by atoms with Crippen LogP contribution in [0.2, 0.25) is 0 Å². The average Bonchev–Trinajstić information content (AvgIpc) is 2.16. The molecule has 2 N–H and O–H groups in total. The number of amides is 1. The second kappa shape index (κ2) is 4.24. The summed E-state index contributed by atoms with van der Waals surface area (Å²) in [6.07, 6.45) is 1.50. The number of nitrogens with zero attached hydrogens (tertiary/aromatic N) is 1. The molecule has 0 saturated heterocycles. The normalized spacial score (nSPS) is 10.7. The highest BCUT2D eigenvalue weighted by Gasteiger charge is 2.03. The predicted molar refractivity (Wildman–Crippen MR) is 54.0 cm³/mol. The molecule has 0 radical (unpaired) electrons. The third kappa shape index (κ3) is 2.20. The molecule has 3 heteroatoms. The Bertz CT molecular complexity index is 427. The number of carbonyl (C=O) groups is 1. The fourth-order valence-electron chi connectivity index (χ4n) is 1.06. The van der Waals surface area contributed by atoms with Crippen molar-refractivity contribution in [1.29, 1.82) is 5.26 Å². The molecule has 0 heterocycles. The molecule has 0 aliphatic heterocycles. The minimum absolute atomic E-state index is 0.0284. The lowest BCUT2D eigenvalue weighted by molar-refractivity contribution is -0.114. The standard InChI is InChI=1S/C11H10N2O/c1-8-4-2-3-5-9(8)6-10(7-12)11(13)14/h2-6H,1H3,(H2,13,14)/b10-6-. The number of benzene rings is 1. The van der Waals surface area contributed by atoms with E-state index < -0.39 is 5.91 Å². The van der Waals surface area contributed by atoms with Gasteiger partial charge in [0.2, 0.25) is 0 Å². The molecular weight excluding hydrogens is 176 g/mol. The third-order valence-electron chi connectivity index (χ3n) is 1.87. The van der Waals surface area contributed by atoms with E-state index >= 15 is 0 Å². The van der Waals surface area contributed by atoms with E-state index in [9.17, 15) is 4.79 Å². The first kappa shape index (κ1) is 10.0. The van der Waals surface area contributed by atoms with Gasteiger partial charge in [-0.3, -0.25) is 4.79 Å². The highest BCUT2D eigenvalue weighted by Crippen LogP contribution is 2.11. The van der Waals surface area contributed by atoms with Crippen LogP contribution in [0.25, 0.3) is 6.08 Å². The second-order valence-corrected chi connectivity index (χ2v) is 2.89. The highest BCUT2D eigenvalue weighted by molar-refractivity contribution is 6.00. The molecule has 1 aromatic rings. The van der Waals surface area contributed by atoms with Gasteiger partial charge < -0.3 is 5.73 Å². The van der Waals surface area contributed by atoms with Gasteiger partial charge in [-0.25, -0.2) is 0 Å². The Morgan fingerprint density at radius 2 is 2.14 bits per heavy atom. The van der Waals surface area contributed by atoms with Gasteiger partial charge in [-0.05, 0) is 24.1 Å². The largest absolute Gasteiger partial charge is 0.365 e. The van der Waals surface area contributed by atoms with E-state index in [1.807, 2.05) is 31.2 Å². The number of hydrogen-bond donors (Lipinski definition) is 1. The summed E-state index contributed by atoms with van der Waals surface area (Å²) in [6.45, 7) is 1.90. The van der Waals surface area contributed by atoms with Crippen molar-refractivity contribution in [3.63, 3.8) is 0 Å². The van der Waals surface area contributed by atoms with Gasteiger partial charge in [0.25, 0.3) is 5.91 Å². The number of hydrogen-bond acceptors (Lipinski definition) is 2. The molecule has 0 bridgehead atoms. The van der Waals surface area contributed by atoms with Gasteiger partial charge in [-0.1, -0.05) is 24.3 Å². The van der Waals surface area contributed by atoms with E-state index in [-0.39, 0.29) is 5.57 Å². The Hall–Kier alpha value is -2.08. The quantitative estimate of drug-likeness (QED) is 0.560. The zero-order valence-corrected chi connectivity index (χ0v) is 7.82. The molecule has 70 valence electrons. The van der Waals surface area contributed by atoms with Crippen molar-refractivity contribution < 1.29 is 4.79 Å². The maximum Gasteiger partial charge on any atom is 0.259 e. The van der Waals surface area contributed by atoms with Crippen LogP contribution >= 0.6 is 0 Å². The molecule has 14 heavy (non-hydrogen) atoms. The van der Waals surface area contributed by atoms with Gasteiger partial charge in [0, 0.05) is 0 Å². The van der Waals surface area contributed by atoms with Crippen molar-refractivity contribution in [2.75, 3.05) is 0 Å². The Morgan fingerprint density at radius 1 is 1.50 bits per heavy atom. The summed E-state index contributed by atoms with van der Waals surface area (Å²) >= 11 is 0. The van der Waals surface area contributed by atoms with Crippen molar-refractivity contribution in [3.8, 4) is 6.07 Å². The van der Waals surface area contributed by atoms with Crippen molar-refractivity contribution in [2.45, 2.75) is 6.92 Å². The SMILES string of the molecule is Cc1ccccc1/C=C(/C#N)C(N)=O. The first-order chi connectivity index (χ1) is 6.65. The molecule has 1 aromatic carbocycles. The van der Waals surface area contributed by atoms with Crippen molar-refractivity contribution >= 4 is 12.0 Å². The van der Waals surface area contributed by atoms with Crippen LogP contribution in [0.4, 0.5) is 0 Å². The van der Waals surface area contributed by atoms with Crippen molar-refractivity contribution in [1.82, 2.24) is 0 Å². The third-order valence-corrected chi connectivity index (χ3v) is 1.87. The molecule has 0 aromatic heterocycles. The van der Waals surface area contributed by atoms with Crippen molar-refractivity contribution in [2.24, 2.45) is 5.73 Å². The fraction of sp³-hybridized carbons (Fsp3) is 0.0909. The van der Waals surface area contributed by atoms with Gasteiger partial charge in [-0.15, -0.1) is 0 Å². The van der Waals surface area contributed by atoms with Gasteiger partial charge >= 0.3 is 0 Å². The Kier molecular flexibility index (Phi) is 3.03. The molecule has 0 aliphatic rings. The average molecular weight is 186 g/mol. The van der Waals surface area contributed by atoms with Crippen LogP contribution in [0.5, 0.6) is 0 Å². The van der Waals surface area contributed by atoms with Crippen LogP contribution in [0.15, 0.2) is 29.8 Å². The molecular formula is C11H10N2O. The van der Waals surface area contributed by atoms with Crippen LogP contribution < -0.4 is 5.73 Å². The van der Waals surface area contributed by atoms with E-state index in [1.54, 1.807) is 6.07 Å². The monoisotopic (exact) mass is 186 g/mol. The first-order valence-electron chi connectivity index (χ1n) is 4.12. The van der Waals surface area contributed by atoms with Crippen LogP contribution in [-0.4, -0.2) is 5.91 Å². The predicted octanol–water partition coefficient (Wildman–Crippen LogP) is 1.39. The molecule has 0 spiro atoms. The smallest absolute Gasteiger partial charge is 0.259 e. The zero-order chi connectivity index (χ0) is 10.6. The summed E-state index contributed by atoms with van der Waals surface area (Å²) in [4.78, 5) is 10.8. The van der Waals surface area contributed by atoms with E-state index in [2.05, 4.69) is 0 Å². The van der Waals surface area contributed by atoms with E-state index in [0.717, 1.165) is 11.1 Å². The van der Waals surface area contributed by atoms with Gasteiger partial charge in [0.05, 0.1) is 0 Å². The lowest BCUT2D eigenvalue weighted by Gasteiger charge is -1.98. The number of rotatable bonds is 2. The maximum absolute atomic E-state index is 10.8. The number of nitriles is 1. The molecule has 1 rings (SSSR count). The minimum atomic E-state index is -0.698. The number of carbonyl (C=O) groups excluding carboxylic acids is 1. The van der Waals surface area contributed by atoms with Gasteiger partial charge in [0.15, 0.2) is 0 Å². The molecule has 0 atom stereocenters. The summed E-state index contributed by atoms with van der Waals surface area (Å²) in [6, 6.07) is 9.23. The van der Waals surface area contributed by atoms with Gasteiger partial charge in [-0.2, -0.15) is 5.26 Å². The second-order valence-electron chi connectivity index (χ2n) is 2.89. The molecule has 3 nitrogen and oxygen atoms in total. The summed E-state index contributed by atoms with van der Waals surface area (Å²) < 4.78 is 0. The first-order valence-corrected chi connectivity index (χ1v) is 4.12. The lowest BCUT2D eigenvalue weighted by Crippen LogP contribution is -2.12. The number of primary amides is 1. The highest BCUT2D eigenvalue weighted by atomic mass is 16.1. The minimum Gasteiger partial charge on any atom is -0.365 e. The van der Waals surface area contributed by atoms with E-state index in [4.69, 9.17) is 11.0 Å². The van der Waals surface area contributed by atoms with Crippen LogP contribution in [0.1, 0.15) is 11.1 Å². The Balaban J connectivity index is 3.15. The molecule has 0 unspecified atom stereocenters.